The fraction of sp³-hybridized carbons (Fsp3) is 0.296. The lowest BCUT2D eigenvalue weighted by Gasteiger charge is -2.24. The Balaban J connectivity index is 1.79. The monoisotopic (exact) mass is 569 g/mol. The number of nitrogens with one attached hydrogen (secondary N) is 4. The second-order valence-corrected chi connectivity index (χ2v) is 9.34. The molecule has 0 fully saturated rings. The number of aromatic amines is 1. The SMILES string of the molecule is NC(CC(=O)O)C(=O)NC(CO)C(=O)NC(Cc1ccc(O)cc1)C(=O)NC(Cc1c[nH]c2ccccc12)C(=O)O. The number of hydrogen-bond acceptors (Lipinski definition) is 8. The number of hydrogen-bond donors (Lipinski definition) is 9. The third-order valence-corrected chi connectivity index (χ3v) is 6.27. The van der Waals surface area contributed by atoms with E-state index >= 15 is 0 Å². The normalized spacial score (nSPS) is 13.9. The number of fused-ring (bicyclic) bond motifs is 1. The average Bonchev–Trinajstić information content (AvgIpc) is 3.34. The van der Waals surface area contributed by atoms with E-state index in [1.54, 1.807) is 18.3 Å². The van der Waals surface area contributed by atoms with Crippen LogP contribution in [0.1, 0.15) is 17.5 Å². The first-order valence-corrected chi connectivity index (χ1v) is 12.5. The van der Waals surface area contributed by atoms with Crippen LogP contribution in [-0.2, 0) is 36.8 Å². The van der Waals surface area contributed by atoms with Gasteiger partial charge in [-0.2, -0.15) is 0 Å². The lowest BCUT2D eigenvalue weighted by molar-refractivity contribution is -0.142. The van der Waals surface area contributed by atoms with Gasteiger partial charge in [-0.1, -0.05) is 30.3 Å². The predicted octanol–water partition coefficient (Wildman–Crippen LogP) is -1.01. The molecule has 3 rings (SSSR count). The van der Waals surface area contributed by atoms with Crippen LogP contribution < -0.4 is 21.7 Å². The summed E-state index contributed by atoms with van der Waals surface area (Å²) in [6, 6.07) is 7.15. The molecule has 0 radical (unpaired) electrons. The van der Waals surface area contributed by atoms with Crippen molar-refractivity contribution in [2.75, 3.05) is 6.61 Å². The number of nitrogens with two attached hydrogens (primary N) is 1. The van der Waals surface area contributed by atoms with Gasteiger partial charge >= 0.3 is 11.9 Å². The van der Waals surface area contributed by atoms with Crippen LogP contribution in [0.4, 0.5) is 0 Å². The number of rotatable bonds is 14. The van der Waals surface area contributed by atoms with Crippen LogP contribution in [0.2, 0.25) is 0 Å². The third kappa shape index (κ3) is 8.52. The third-order valence-electron chi connectivity index (χ3n) is 6.27. The minimum atomic E-state index is -1.58. The summed E-state index contributed by atoms with van der Waals surface area (Å²) in [6.07, 6.45) is 0.722. The molecule has 0 aliphatic heterocycles. The van der Waals surface area contributed by atoms with E-state index in [0.29, 0.717) is 11.1 Å². The molecule has 10 N–H and O–H groups in total. The first kappa shape index (κ1) is 30.6. The van der Waals surface area contributed by atoms with Crippen LogP contribution in [0.3, 0.4) is 0 Å². The fourth-order valence-electron chi connectivity index (χ4n) is 4.10. The molecule has 4 atom stereocenters. The van der Waals surface area contributed by atoms with Gasteiger partial charge in [0.1, 0.15) is 23.9 Å². The maximum absolute atomic E-state index is 13.3. The van der Waals surface area contributed by atoms with Crippen LogP contribution in [0.5, 0.6) is 5.75 Å². The number of phenolic OH excluding ortho intramolecular Hbond substituents is 1. The quantitative estimate of drug-likeness (QED) is 0.114. The van der Waals surface area contributed by atoms with Crippen LogP contribution >= 0.6 is 0 Å². The predicted molar refractivity (Wildman–Crippen MR) is 145 cm³/mol. The number of carbonyl (C=O) groups is 5. The first-order valence-electron chi connectivity index (χ1n) is 12.5. The Morgan fingerprint density at radius 1 is 0.805 bits per heavy atom. The largest absolute Gasteiger partial charge is 0.508 e. The Bertz CT molecular complexity index is 1410. The molecule has 0 saturated heterocycles. The highest BCUT2D eigenvalue weighted by Gasteiger charge is 2.31. The average molecular weight is 570 g/mol. The van der Waals surface area contributed by atoms with Crippen molar-refractivity contribution in [3.63, 3.8) is 0 Å². The maximum Gasteiger partial charge on any atom is 0.326 e. The molecule has 0 spiro atoms. The number of aliphatic hydroxyl groups excluding tert-OH is 1. The van der Waals surface area contributed by atoms with Crippen molar-refractivity contribution in [3.05, 3.63) is 65.9 Å². The van der Waals surface area contributed by atoms with E-state index in [1.165, 1.54) is 24.3 Å². The molecule has 0 aliphatic rings. The van der Waals surface area contributed by atoms with Crippen molar-refractivity contribution >= 4 is 40.6 Å². The van der Waals surface area contributed by atoms with Crippen molar-refractivity contribution in [1.82, 2.24) is 20.9 Å². The van der Waals surface area contributed by atoms with E-state index in [-0.39, 0.29) is 18.6 Å². The number of H-pyrrole nitrogens is 1. The zero-order valence-electron chi connectivity index (χ0n) is 21.7. The summed E-state index contributed by atoms with van der Waals surface area (Å²) >= 11 is 0. The Morgan fingerprint density at radius 2 is 1.41 bits per heavy atom. The van der Waals surface area contributed by atoms with Crippen LogP contribution in [-0.4, -0.2) is 85.8 Å². The second-order valence-electron chi connectivity index (χ2n) is 9.34. The number of carbonyl (C=O) groups excluding carboxylic acids is 3. The van der Waals surface area contributed by atoms with Gasteiger partial charge in [0.25, 0.3) is 0 Å². The standard InChI is InChI=1S/C27H31N5O9/c28-18(11-23(35)36)24(37)32-22(13-33)26(39)30-20(9-14-5-7-16(34)8-6-14)25(38)31-21(27(40)41)10-15-12-29-19-4-2-1-3-17(15)19/h1-8,12,18,20-22,29,33-34H,9-11,13,28H2,(H,30,39)(H,31,38)(H,32,37)(H,35,36)(H,40,41). The van der Waals surface area contributed by atoms with Gasteiger partial charge in [-0.05, 0) is 29.3 Å². The van der Waals surface area contributed by atoms with Crippen molar-refractivity contribution in [1.29, 1.82) is 0 Å². The van der Waals surface area contributed by atoms with Gasteiger partial charge in [-0.15, -0.1) is 0 Å². The van der Waals surface area contributed by atoms with Crippen LogP contribution in [0.25, 0.3) is 10.9 Å². The van der Waals surface area contributed by atoms with Gasteiger partial charge in [-0.3, -0.25) is 19.2 Å². The number of aliphatic carboxylic acids is 2. The van der Waals surface area contributed by atoms with E-state index < -0.39 is 66.9 Å². The maximum atomic E-state index is 13.3. The van der Waals surface area contributed by atoms with E-state index in [9.17, 15) is 39.3 Å². The molecule has 1 heterocycles. The number of benzene rings is 2. The molecule has 0 aliphatic carbocycles. The number of para-hydroxylation sites is 1. The number of phenols is 1. The topological polar surface area (TPSA) is 244 Å². The molecule has 2 aromatic carbocycles. The molecule has 218 valence electrons. The Hall–Kier alpha value is -4.95. The van der Waals surface area contributed by atoms with Gasteiger partial charge in [0.05, 0.1) is 19.1 Å². The summed E-state index contributed by atoms with van der Waals surface area (Å²) in [5.41, 5.74) is 7.44. The van der Waals surface area contributed by atoms with Crippen LogP contribution in [0, 0.1) is 0 Å². The number of carboxylic acid groups (broad SMARTS) is 2. The van der Waals surface area contributed by atoms with E-state index in [4.69, 9.17) is 10.8 Å². The fourth-order valence-corrected chi connectivity index (χ4v) is 4.10. The van der Waals surface area contributed by atoms with Crippen molar-refractivity contribution < 1.29 is 44.4 Å². The summed E-state index contributed by atoms with van der Waals surface area (Å²) < 4.78 is 0. The highest BCUT2D eigenvalue weighted by Crippen LogP contribution is 2.19. The van der Waals surface area contributed by atoms with Crippen molar-refractivity contribution in [3.8, 4) is 5.75 Å². The number of carboxylic acids is 2. The number of aromatic hydroxyl groups is 1. The van der Waals surface area contributed by atoms with Gasteiger partial charge in [0.15, 0.2) is 0 Å². The highest BCUT2D eigenvalue weighted by atomic mass is 16.4. The number of aromatic nitrogens is 1. The molecular formula is C27H31N5O9. The number of aliphatic hydroxyl groups is 1. The molecule has 0 bridgehead atoms. The van der Waals surface area contributed by atoms with Gasteiger partial charge in [0, 0.05) is 29.9 Å². The molecular weight excluding hydrogens is 538 g/mol. The van der Waals surface area contributed by atoms with Crippen molar-refractivity contribution in [2.45, 2.75) is 43.4 Å². The summed E-state index contributed by atoms with van der Waals surface area (Å²) in [5, 5.41) is 45.7. The minimum Gasteiger partial charge on any atom is -0.508 e. The zero-order valence-corrected chi connectivity index (χ0v) is 21.7. The summed E-state index contributed by atoms with van der Waals surface area (Å²) in [4.78, 5) is 64.4. The Labute approximate surface area is 233 Å². The van der Waals surface area contributed by atoms with Gasteiger partial charge in [0.2, 0.25) is 17.7 Å². The lowest BCUT2D eigenvalue weighted by Crippen LogP contribution is -2.58. The smallest absolute Gasteiger partial charge is 0.326 e. The molecule has 3 amide bonds. The molecule has 14 nitrogen and oxygen atoms in total. The van der Waals surface area contributed by atoms with E-state index in [1.807, 2.05) is 12.1 Å². The molecule has 0 saturated carbocycles. The van der Waals surface area contributed by atoms with E-state index in [2.05, 4.69) is 20.9 Å². The van der Waals surface area contributed by atoms with E-state index in [0.717, 1.165) is 10.9 Å². The molecule has 14 heteroatoms. The summed E-state index contributed by atoms with van der Waals surface area (Å²) in [7, 11) is 0. The molecule has 1 aromatic heterocycles. The highest BCUT2D eigenvalue weighted by molar-refractivity contribution is 5.95. The molecule has 41 heavy (non-hydrogen) atoms. The van der Waals surface area contributed by atoms with Gasteiger partial charge < -0.3 is 47.1 Å². The second kappa shape index (κ2) is 13.9. The number of amides is 3. The van der Waals surface area contributed by atoms with Crippen LogP contribution in [0.15, 0.2) is 54.7 Å². The molecule has 4 unspecified atom stereocenters. The molecule has 3 aromatic rings. The zero-order chi connectivity index (χ0) is 30.1. The Kier molecular flexibility index (Phi) is 10.4. The Morgan fingerprint density at radius 3 is 2.05 bits per heavy atom. The minimum absolute atomic E-state index is 0.0378. The van der Waals surface area contributed by atoms with Crippen molar-refractivity contribution in [2.24, 2.45) is 5.73 Å². The first-order chi connectivity index (χ1) is 19.5. The lowest BCUT2D eigenvalue weighted by atomic mass is 10.0. The summed E-state index contributed by atoms with van der Waals surface area (Å²) in [6.45, 7) is -0.900. The van der Waals surface area contributed by atoms with Gasteiger partial charge in [-0.25, -0.2) is 4.79 Å². The summed E-state index contributed by atoms with van der Waals surface area (Å²) in [5.74, 6) is -5.56.